The van der Waals surface area contributed by atoms with Gasteiger partial charge in [0, 0.05) is 11.1 Å². The summed E-state index contributed by atoms with van der Waals surface area (Å²) < 4.78 is 0. The maximum Gasteiger partial charge on any atom is 0.0438 e. The molecule has 0 saturated carbocycles. The number of rotatable bonds is 4. The summed E-state index contributed by atoms with van der Waals surface area (Å²) in [5, 5.41) is 0.790. The van der Waals surface area contributed by atoms with E-state index in [4.69, 9.17) is 17.3 Å². The number of halogens is 1. The first-order valence-electron chi connectivity index (χ1n) is 6.28. The van der Waals surface area contributed by atoms with E-state index in [0.29, 0.717) is 0 Å². The molecule has 2 aromatic carbocycles. The highest BCUT2D eigenvalue weighted by Gasteiger charge is 2.09. The summed E-state index contributed by atoms with van der Waals surface area (Å²) in [4.78, 5) is 0. The van der Waals surface area contributed by atoms with Gasteiger partial charge in [0.15, 0.2) is 0 Å². The highest BCUT2D eigenvalue weighted by molar-refractivity contribution is 6.31. The topological polar surface area (TPSA) is 26.0 Å². The van der Waals surface area contributed by atoms with E-state index in [1.54, 1.807) is 0 Å². The van der Waals surface area contributed by atoms with Crippen LogP contribution in [-0.2, 0) is 12.8 Å². The van der Waals surface area contributed by atoms with Crippen LogP contribution in [0.25, 0.3) is 0 Å². The molecule has 2 N–H and O–H groups in total. The van der Waals surface area contributed by atoms with Crippen LogP contribution < -0.4 is 5.73 Å². The smallest absolute Gasteiger partial charge is 0.0438 e. The third kappa shape index (κ3) is 3.12. The van der Waals surface area contributed by atoms with E-state index < -0.39 is 0 Å². The number of nitrogens with two attached hydrogens (primary N) is 1. The molecule has 0 aliphatic rings. The zero-order valence-corrected chi connectivity index (χ0v) is 11.3. The molecule has 2 heteroatoms. The maximum absolute atomic E-state index is 6.23. The van der Waals surface area contributed by atoms with Crippen molar-refractivity contribution < 1.29 is 0 Å². The SMILES string of the molecule is CCc1ccc(C(N)Cc2ccccc2Cl)cc1. The summed E-state index contributed by atoms with van der Waals surface area (Å²) >= 11 is 6.15. The Hall–Kier alpha value is -1.31. The minimum atomic E-state index is -0.00388. The molecule has 0 saturated heterocycles. The Morgan fingerprint density at radius 2 is 1.72 bits per heavy atom. The number of aryl methyl sites for hydroxylation is 1. The van der Waals surface area contributed by atoms with Gasteiger partial charge in [-0.25, -0.2) is 0 Å². The van der Waals surface area contributed by atoms with Crippen molar-refractivity contribution in [3.05, 3.63) is 70.2 Å². The van der Waals surface area contributed by atoms with Crippen LogP contribution in [0.4, 0.5) is 0 Å². The summed E-state index contributed by atoms with van der Waals surface area (Å²) in [7, 11) is 0. The second kappa shape index (κ2) is 6.03. The van der Waals surface area contributed by atoms with Crippen LogP contribution >= 0.6 is 11.6 Å². The Morgan fingerprint density at radius 3 is 2.33 bits per heavy atom. The standard InChI is InChI=1S/C16H18ClN/c1-2-12-7-9-13(10-8-12)16(18)11-14-5-3-4-6-15(14)17/h3-10,16H,2,11,18H2,1H3. The van der Waals surface area contributed by atoms with E-state index in [9.17, 15) is 0 Å². The van der Waals surface area contributed by atoms with E-state index in [1.807, 2.05) is 24.3 Å². The molecular weight excluding hydrogens is 242 g/mol. The summed E-state index contributed by atoms with van der Waals surface area (Å²) in [5.41, 5.74) is 9.83. The van der Waals surface area contributed by atoms with Crippen LogP contribution in [0.5, 0.6) is 0 Å². The van der Waals surface area contributed by atoms with Crippen molar-refractivity contribution in [3.8, 4) is 0 Å². The van der Waals surface area contributed by atoms with E-state index in [0.717, 1.165) is 29.0 Å². The Labute approximate surface area is 114 Å². The van der Waals surface area contributed by atoms with E-state index in [1.165, 1.54) is 5.56 Å². The Kier molecular flexibility index (Phi) is 4.40. The van der Waals surface area contributed by atoms with Gasteiger partial charge >= 0.3 is 0 Å². The zero-order valence-electron chi connectivity index (χ0n) is 10.6. The van der Waals surface area contributed by atoms with Crippen LogP contribution in [-0.4, -0.2) is 0 Å². The first-order valence-corrected chi connectivity index (χ1v) is 6.66. The van der Waals surface area contributed by atoms with Gasteiger partial charge in [-0.1, -0.05) is 61.0 Å². The quantitative estimate of drug-likeness (QED) is 0.877. The fraction of sp³-hybridized carbons (Fsp3) is 0.250. The molecule has 0 heterocycles. The summed E-state index contributed by atoms with van der Waals surface area (Å²) in [6.07, 6.45) is 1.82. The molecule has 2 aromatic rings. The van der Waals surface area contributed by atoms with Crippen LogP contribution in [0.15, 0.2) is 48.5 Å². The molecular formula is C16H18ClN. The number of benzene rings is 2. The van der Waals surface area contributed by atoms with Crippen LogP contribution in [0, 0.1) is 0 Å². The molecule has 0 aliphatic heterocycles. The summed E-state index contributed by atoms with van der Waals surface area (Å²) in [6.45, 7) is 2.15. The van der Waals surface area contributed by atoms with Crippen LogP contribution in [0.3, 0.4) is 0 Å². The van der Waals surface area contributed by atoms with Crippen molar-refractivity contribution in [1.29, 1.82) is 0 Å². The minimum absolute atomic E-state index is 0.00388. The first-order chi connectivity index (χ1) is 8.70. The van der Waals surface area contributed by atoms with Gasteiger partial charge in [-0.05, 0) is 35.6 Å². The summed E-state index contributed by atoms with van der Waals surface area (Å²) in [6, 6.07) is 16.4. The molecule has 1 unspecified atom stereocenters. The molecule has 18 heavy (non-hydrogen) atoms. The molecule has 0 amide bonds. The maximum atomic E-state index is 6.23. The lowest BCUT2D eigenvalue weighted by Crippen LogP contribution is -2.13. The van der Waals surface area contributed by atoms with Crippen molar-refractivity contribution in [2.75, 3.05) is 0 Å². The zero-order chi connectivity index (χ0) is 13.0. The number of hydrogen-bond donors (Lipinski definition) is 1. The fourth-order valence-corrected chi connectivity index (χ4v) is 2.23. The van der Waals surface area contributed by atoms with Gasteiger partial charge in [0.2, 0.25) is 0 Å². The van der Waals surface area contributed by atoms with Crippen molar-refractivity contribution in [1.82, 2.24) is 0 Å². The van der Waals surface area contributed by atoms with Crippen molar-refractivity contribution in [2.45, 2.75) is 25.8 Å². The Morgan fingerprint density at radius 1 is 1.06 bits per heavy atom. The fourth-order valence-electron chi connectivity index (χ4n) is 2.02. The molecule has 0 aliphatic carbocycles. The molecule has 0 spiro atoms. The van der Waals surface area contributed by atoms with Gasteiger partial charge in [0.25, 0.3) is 0 Å². The lowest BCUT2D eigenvalue weighted by atomic mass is 9.98. The minimum Gasteiger partial charge on any atom is -0.324 e. The second-order valence-electron chi connectivity index (χ2n) is 4.50. The van der Waals surface area contributed by atoms with Crippen molar-refractivity contribution in [3.63, 3.8) is 0 Å². The first kappa shape index (κ1) is 13.1. The lowest BCUT2D eigenvalue weighted by Gasteiger charge is -2.13. The normalized spacial score (nSPS) is 12.4. The van der Waals surface area contributed by atoms with Gasteiger partial charge in [-0.2, -0.15) is 0 Å². The molecule has 1 nitrogen and oxygen atoms in total. The Balaban J connectivity index is 2.11. The molecule has 0 fully saturated rings. The molecule has 2 rings (SSSR count). The Bertz CT molecular complexity index is 505. The molecule has 1 atom stereocenters. The van der Waals surface area contributed by atoms with E-state index in [-0.39, 0.29) is 6.04 Å². The van der Waals surface area contributed by atoms with Gasteiger partial charge in [0.1, 0.15) is 0 Å². The predicted octanol–water partition coefficient (Wildman–Crippen LogP) is 4.14. The lowest BCUT2D eigenvalue weighted by molar-refractivity contribution is 0.721. The average Bonchev–Trinajstić information content (AvgIpc) is 2.41. The monoisotopic (exact) mass is 259 g/mol. The summed E-state index contributed by atoms with van der Waals surface area (Å²) in [5.74, 6) is 0. The second-order valence-corrected chi connectivity index (χ2v) is 4.90. The van der Waals surface area contributed by atoms with Crippen molar-refractivity contribution >= 4 is 11.6 Å². The van der Waals surface area contributed by atoms with E-state index >= 15 is 0 Å². The van der Waals surface area contributed by atoms with E-state index in [2.05, 4.69) is 31.2 Å². The predicted molar refractivity (Wildman–Crippen MR) is 77.9 cm³/mol. The molecule has 0 bridgehead atoms. The van der Waals surface area contributed by atoms with Crippen LogP contribution in [0.1, 0.15) is 29.7 Å². The molecule has 0 aromatic heterocycles. The highest BCUT2D eigenvalue weighted by Crippen LogP contribution is 2.22. The van der Waals surface area contributed by atoms with Gasteiger partial charge in [-0.15, -0.1) is 0 Å². The van der Waals surface area contributed by atoms with Gasteiger partial charge in [0.05, 0.1) is 0 Å². The van der Waals surface area contributed by atoms with Crippen molar-refractivity contribution in [2.24, 2.45) is 5.73 Å². The number of hydrogen-bond acceptors (Lipinski definition) is 1. The third-order valence-electron chi connectivity index (χ3n) is 3.21. The average molecular weight is 260 g/mol. The largest absolute Gasteiger partial charge is 0.324 e. The highest BCUT2D eigenvalue weighted by atomic mass is 35.5. The molecule has 0 radical (unpaired) electrons. The molecule has 94 valence electrons. The van der Waals surface area contributed by atoms with Gasteiger partial charge in [-0.3, -0.25) is 0 Å². The third-order valence-corrected chi connectivity index (χ3v) is 3.58. The van der Waals surface area contributed by atoms with Gasteiger partial charge < -0.3 is 5.73 Å². The van der Waals surface area contributed by atoms with Crippen LogP contribution in [0.2, 0.25) is 5.02 Å².